The molecule has 0 spiro atoms. The van der Waals surface area contributed by atoms with E-state index in [1.165, 1.54) is 26.4 Å². The Morgan fingerprint density at radius 2 is 0.923 bits per heavy atom. The number of methoxy groups -OCH3 is 2. The number of ether oxygens (including phenoxy) is 6. The van der Waals surface area contributed by atoms with Crippen LogP contribution in [0.3, 0.4) is 0 Å². The Hall–Kier alpha value is -6.08. The standard InChI is InChI=1S/C20H14O4.C12H7BrO2.C8H9BO4/c1-22-20(21)15-8-3-2-7-13(15)14-9-6-12-18-19(14)24-17-11-5-4-10-16(17)23-18;13-8-4-3-7-11-12(8)15-10-6-2-1-5-9(10)14-11;1-13-8(10)6-4-2-3-5-7(6)9(11)12/h2-12H,1H3;1-7H;2-5,11-12H,1H3. The molecule has 0 bridgehead atoms. The zero-order valence-corrected chi connectivity index (χ0v) is 29.4. The normalized spacial score (nSPS) is 11.2. The summed E-state index contributed by atoms with van der Waals surface area (Å²) in [5.74, 6) is 4.53. The molecule has 0 fully saturated rings. The van der Waals surface area contributed by atoms with Gasteiger partial charge in [-0.3, -0.25) is 0 Å². The molecule has 0 saturated carbocycles. The highest BCUT2D eigenvalue weighted by molar-refractivity contribution is 9.10. The molecule has 0 aromatic heterocycles. The quantitative estimate of drug-likeness (QED) is 0.133. The minimum atomic E-state index is -1.66. The van der Waals surface area contributed by atoms with Crippen molar-refractivity contribution in [3.05, 3.63) is 149 Å². The summed E-state index contributed by atoms with van der Waals surface area (Å²) < 4.78 is 33.7. The molecule has 0 radical (unpaired) electrons. The number of benzene rings is 6. The lowest BCUT2D eigenvalue weighted by Crippen LogP contribution is -2.34. The van der Waals surface area contributed by atoms with Gasteiger partial charge >= 0.3 is 19.1 Å². The fourth-order valence-electron chi connectivity index (χ4n) is 5.30. The Morgan fingerprint density at radius 3 is 1.52 bits per heavy atom. The van der Waals surface area contributed by atoms with Gasteiger partial charge in [0.25, 0.3) is 0 Å². The van der Waals surface area contributed by atoms with Crippen molar-refractivity contribution < 1.29 is 48.1 Å². The molecule has 6 aromatic carbocycles. The number of esters is 2. The zero-order valence-electron chi connectivity index (χ0n) is 27.8. The fourth-order valence-corrected chi connectivity index (χ4v) is 5.73. The third kappa shape index (κ3) is 7.79. The highest BCUT2D eigenvalue weighted by Gasteiger charge is 2.25. The lowest BCUT2D eigenvalue weighted by molar-refractivity contribution is 0.0593. The van der Waals surface area contributed by atoms with Crippen molar-refractivity contribution in [3.8, 4) is 57.1 Å². The van der Waals surface area contributed by atoms with E-state index >= 15 is 0 Å². The van der Waals surface area contributed by atoms with E-state index in [4.69, 9.17) is 33.7 Å². The average molecular weight is 761 g/mol. The first-order chi connectivity index (χ1) is 25.3. The summed E-state index contributed by atoms with van der Waals surface area (Å²) in [6.07, 6.45) is 0. The van der Waals surface area contributed by atoms with Crippen LogP contribution in [0.15, 0.2) is 138 Å². The molecule has 10 nitrogen and oxygen atoms in total. The van der Waals surface area contributed by atoms with Gasteiger partial charge in [-0.1, -0.05) is 78.9 Å². The summed E-state index contributed by atoms with van der Waals surface area (Å²) in [5.41, 5.74) is 2.32. The van der Waals surface area contributed by atoms with Gasteiger partial charge in [0.1, 0.15) is 0 Å². The van der Waals surface area contributed by atoms with Crippen molar-refractivity contribution in [1.29, 1.82) is 0 Å². The number of carbonyl (C=O) groups is 2. The van der Waals surface area contributed by atoms with Crippen LogP contribution < -0.4 is 24.4 Å². The van der Waals surface area contributed by atoms with E-state index in [9.17, 15) is 9.59 Å². The first-order valence-corrected chi connectivity index (χ1v) is 16.6. The van der Waals surface area contributed by atoms with Gasteiger partial charge < -0.3 is 38.5 Å². The second-order valence-electron chi connectivity index (χ2n) is 11.0. The smallest absolute Gasteiger partial charge is 0.465 e. The molecule has 0 saturated heterocycles. The fraction of sp³-hybridized carbons (Fsp3) is 0.0500. The van der Waals surface area contributed by atoms with E-state index in [1.54, 1.807) is 24.3 Å². The zero-order chi connectivity index (χ0) is 36.6. The summed E-state index contributed by atoms with van der Waals surface area (Å²) in [6.45, 7) is 0. The van der Waals surface area contributed by atoms with Crippen LogP contribution in [0.4, 0.5) is 0 Å². The summed E-state index contributed by atoms with van der Waals surface area (Å²) in [7, 11) is 0.952. The number of carbonyl (C=O) groups excluding carboxylic acids is 2. The number of hydrogen-bond acceptors (Lipinski definition) is 10. The molecule has 12 heteroatoms. The van der Waals surface area contributed by atoms with Crippen LogP contribution in [-0.4, -0.2) is 43.3 Å². The SMILES string of the molecule is Brc1cccc2c1Oc1ccccc1O2.COC(=O)c1ccccc1-c1cccc2c1Oc1ccccc1O2.COC(=O)c1ccccc1B(O)O. The Kier molecular flexibility index (Phi) is 11.2. The molecule has 2 N–H and O–H groups in total. The van der Waals surface area contributed by atoms with Crippen molar-refractivity contribution in [2.75, 3.05) is 14.2 Å². The summed E-state index contributed by atoms with van der Waals surface area (Å²) >= 11 is 3.43. The molecule has 52 heavy (non-hydrogen) atoms. The van der Waals surface area contributed by atoms with Crippen LogP contribution in [0.25, 0.3) is 11.1 Å². The molecular weight excluding hydrogens is 731 g/mol. The molecule has 2 heterocycles. The van der Waals surface area contributed by atoms with E-state index in [0.29, 0.717) is 28.6 Å². The Labute approximate surface area is 308 Å². The van der Waals surface area contributed by atoms with Crippen molar-refractivity contribution in [1.82, 2.24) is 0 Å². The lowest BCUT2D eigenvalue weighted by Gasteiger charge is -2.23. The third-order valence-corrected chi connectivity index (χ3v) is 8.36. The average Bonchev–Trinajstić information content (AvgIpc) is 3.19. The number of hydrogen-bond donors (Lipinski definition) is 2. The summed E-state index contributed by atoms with van der Waals surface area (Å²) in [5, 5.41) is 17.8. The highest BCUT2D eigenvalue weighted by Crippen LogP contribution is 2.50. The molecule has 2 aliphatic rings. The number of rotatable bonds is 4. The van der Waals surface area contributed by atoms with E-state index in [0.717, 1.165) is 38.6 Å². The van der Waals surface area contributed by atoms with Gasteiger partial charge in [-0.05, 0) is 76.0 Å². The topological polar surface area (TPSA) is 130 Å². The predicted molar refractivity (Wildman–Crippen MR) is 198 cm³/mol. The molecule has 0 aliphatic carbocycles. The summed E-state index contributed by atoms with van der Waals surface area (Å²) in [4.78, 5) is 23.2. The molecule has 8 rings (SSSR count). The second kappa shape index (κ2) is 16.3. The molecule has 6 aromatic rings. The Bertz CT molecular complexity index is 2240. The van der Waals surface area contributed by atoms with E-state index < -0.39 is 13.1 Å². The number of para-hydroxylation sites is 6. The van der Waals surface area contributed by atoms with E-state index in [-0.39, 0.29) is 17.0 Å². The largest absolute Gasteiger partial charge is 0.489 e. The lowest BCUT2D eigenvalue weighted by atomic mass is 9.77. The van der Waals surface area contributed by atoms with E-state index in [1.807, 2.05) is 97.1 Å². The van der Waals surface area contributed by atoms with Gasteiger partial charge in [0, 0.05) is 11.1 Å². The van der Waals surface area contributed by atoms with Crippen LogP contribution >= 0.6 is 15.9 Å². The monoisotopic (exact) mass is 760 g/mol. The molecule has 260 valence electrons. The van der Waals surface area contributed by atoms with Crippen LogP contribution in [0, 0.1) is 0 Å². The first kappa shape index (κ1) is 35.7. The van der Waals surface area contributed by atoms with Crippen LogP contribution in [0.1, 0.15) is 20.7 Å². The van der Waals surface area contributed by atoms with Gasteiger partial charge in [0.2, 0.25) is 0 Å². The number of fused-ring (bicyclic) bond motifs is 4. The Balaban J connectivity index is 0.000000143. The molecular formula is C40H30BBrO10. The molecule has 0 amide bonds. The summed E-state index contributed by atoms with van der Waals surface area (Å²) in [6, 6.07) is 39.9. The van der Waals surface area contributed by atoms with Crippen molar-refractivity contribution >= 4 is 40.4 Å². The minimum absolute atomic E-state index is 0.148. The minimum Gasteiger partial charge on any atom is -0.465 e. The third-order valence-electron chi connectivity index (χ3n) is 7.74. The van der Waals surface area contributed by atoms with Crippen LogP contribution in [0.5, 0.6) is 46.0 Å². The van der Waals surface area contributed by atoms with Gasteiger partial charge in [-0.15, -0.1) is 0 Å². The Morgan fingerprint density at radius 1 is 0.500 bits per heavy atom. The second-order valence-corrected chi connectivity index (χ2v) is 11.8. The van der Waals surface area contributed by atoms with Crippen molar-refractivity contribution in [2.24, 2.45) is 0 Å². The van der Waals surface area contributed by atoms with E-state index in [2.05, 4.69) is 20.7 Å². The van der Waals surface area contributed by atoms with Crippen LogP contribution in [0.2, 0.25) is 0 Å². The van der Waals surface area contributed by atoms with Gasteiger partial charge in [0.15, 0.2) is 46.0 Å². The van der Waals surface area contributed by atoms with Gasteiger partial charge in [-0.2, -0.15) is 0 Å². The van der Waals surface area contributed by atoms with Crippen LogP contribution in [-0.2, 0) is 9.47 Å². The molecule has 0 atom stereocenters. The maximum Gasteiger partial charge on any atom is 0.489 e. The van der Waals surface area contributed by atoms with Crippen molar-refractivity contribution in [3.63, 3.8) is 0 Å². The first-order valence-electron chi connectivity index (χ1n) is 15.8. The number of halogens is 1. The molecule has 2 aliphatic heterocycles. The maximum absolute atomic E-state index is 12.1. The molecule has 0 unspecified atom stereocenters. The van der Waals surface area contributed by atoms with Gasteiger partial charge in [-0.25, -0.2) is 9.59 Å². The predicted octanol–water partition coefficient (Wildman–Crippen LogP) is 8.54. The van der Waals surface area contributed by atoms with Crippen molar-refractivity contribution in [2.45, 2.75) is 0 Å². The highest BCUT2D eigenvalue weighted by atomic mass is 79.9. The van der Waals surface area contributed by atoms with Gasteiger partial charge in [0.05, 0.1) is 29.8 Å². The maximum atomic E-state index is 12.1.